The summed E-state index contributed by atoms with van der Waals surface area (Å²) < 4.78 is 27.1. The molecule has 0 saturated carbocycles. The molecule has 1 amide bonds. The van der Waals surface area contributed by atoms with Crippen LogP contribution < -0.4 is 5.32 Å². The highest BCUT2D eigenvalue weighted by Crippen LogP contribution is 2.22. The second-order valence-electron chi connectivity index (χ2n) is 5.85. The lowest BCUT2D eigenvalue weighted by Gasteiger charge is -2.20. The predicted octanol–water partition coefficient (Wildman–Crippen LogP) is 3.49. The van der Waals surface area contributed by atoms with Gasteiger partial charge < -0.3 is 5.32 Å². The monoisotopic (exact) mass is 368 g/mol. The van der Waals surface area contributed by atoms with Gasteiger partial charge in [-0.2, -0.15) is 4.31 Å². The van der Waals surface area contributed by atoms with E-state index in [9.17, 15) is 13.2 Å². The largest absolute Gasteiger partial charge is 0.325 e. The fraction of sp³-hybridized carbons (Fsp3) is 0.150. The number of carbonyl (C=O) groups excluding carboxylic acids is 1. The van der Waals surface area contributed by atoms with E-state index < -0.39 is 10.0 Å². The quantitative estimate of drug-likeness (QED) is 0.724. The molecular weight excluding hydrogens is 348 g/mol. The molecule has 3 aromatic rings. The number of nitrogens with one attached hydrogen (secondary N) is 1. The molecule has 0 fully saturated rings. The van der Waals surface area contributed by atoms with E-state index in [4.69, 9.17) is 0 Å². The Labute approximate surface area is 153 Å². The van der Waals surface area contributed by atoms with Crippen LogP contribution in [0.4, 0.5) is 5.69 Å². The Kier molecular flexibility index (Phi) is 5.35. The molecule has 3 rings (SSSR count). The van der Waals surface area contributed by atoms with Crippen molar-refractivity contribution in [2.75, 3.05) is 18.4 Å². The number of para-hydroxylation sites is 1. The molecule has 0 saturated heterocycles. The van der Waals surface area contributed by atoms with Gasteiger partial charge in [0.2, 0.25) is 15.9 Å². The maximum Gasteiger partial charge on any atom is 0.243 e. The first-order chi connectivity index (χ1) is 12.5. The normalized spacial score (nSPS) is 11.6. The zero-order valence-electron chi connectivity index (χ0n) is 14.4. The van der Waals surface area contributed by atoms with Gasteiger partial charge >= 0.3 is 0 Å². The lowest BCUT2D eigenvalue weighted by atomic mass is 10.1. The number of nitrogens with zero attached hydrogens (tertiary/aromatic N) is 1. The summed E-state index contributed by atoms with van der Waals surface area (Å²) in [6.45, 7) is 1.69. The molecule has 6 heteroatoms. The van der Waals surface area contributed by atoms with Crippen LogP contribution in [0.5, 0.6) is 0 Å². The van der Waals surface area contributed by atoms with E-state index in [1.165, 1.54) is 4.31 Å². The highest BCUT2D eigenvalue weighted by atomic mass is 32.2. The highest BCUT2D eigenvalue weighted by Gasteiger charge is 2.25. The van der Waals surface area contributed by atoms with Crippen molar-refractivity contribution in [2.45, 2.75) is 11.8 Å². The number of benzene rings is 3. The van der Waals surface area contributed by atoms with Crippen molar-refractivity contribution >= 4 is 32.4 Å². The highest BCUT2D eigenvalue weighted by molar-refractivity contribution is 7.89. The minimum absolute atomic E-state index is 0.186. The lowest BCUT2D eigenvalue weighted by molar-refractivity contribution is -0.116. The third kappa shape index (κ3) is 3.92. The Balaban J connectivity index is 1.81. The second kappa shape index (κ2) is 7.68. The smallest absolute Gasteiger partial charge is 0.243 e. The first kappa shape index (κ1) is 18.1. The molecule has 0 aliphatic rings. The van der Waals surface area contributed by atoms with E-state index in [-0.39, 0.29) is 23.9 Å². The molecule has 0 aromatic heterocycles. The number of sulfonamides is 1. The zero-order chi connectivity index (χ0) is 18.6. The maximum absolute atomic E-state index is 12.9. The molecule has 0 spiro atoms. The number of hydrogen-bond donors (Lipinski definition) is 1. The Hall–Kier alpha value is -2.70. The van der Waals surface area contributed by atoms with Crippen LogP contribution in [0.1, 0.15) is 6.92 Å². The molecule has 0 radical (unpaired) electrons. The Morgan fingerprint density at radius 1 is 0.923 bits per heavy atom. The van der Waals surface area contributed by atoms with Crippen LogP contribution in [0.25, 0.3) is 10.8 Å². The molecule has 3 aromatic carbocycles. The van der Waals surface area contributed by atoms with Gasteiger partial charge in [0, 0.05) is 12.2 Å². The Bertz CT molecular complexity index is 1020. The third-order valence-electron chi connectivity index (χ3n) is 4.09. The van der Waals surface area contributed by atoms with Crippen molar-refractivity contribution in [2.24, 2.45) is 0 Å². The molecule has 0 unspecified atom stereocenters. The van der Waals surface area contributed by atoms with E-state index in [0.717, 1.165) is 10.8 Å². The maximum atomic E-state index is 12.9. The third-order valence-corrected chi connectivity index (χ3v) is 6.01. The summed E-state index contributed by atoms with van der Waals surface area (Å²) in [6.07, 6.45) is 0. The van der Waals surface area contributed by atoms with E-state index in [0.29, 0.717) is 5.69 Å². The zero-order valence-corrected chi connectivity index (χ0v) is 15.2. The Morgan fingerprint density at radius 2 is 1.58 bits per heavy atom. The van der Waals surface area contributed by atoms with Crippen molar-refractivity contribution < 1.29 is 13.2 Å². The number of hydrogen-bond acceptors (Lipinski definition) is 3. The van der Waals surface area contributed by atoms with Crippen molar-refractivity contribution in [3.8, 4) is 0 Å². The summed E-state index contributed by atoms with van der Waals surface area (Å²) in [6, 6.07) is 21.5. The molecule has 0 heterocycles. The van der Waals surface area contributed by atoms with Gasteiger partial charge in [-0.1, -0.05) is 55.5 Å². The van der Waals surface area contributed by atoms with Gasteiger partial charge in [0.05, 0.1) is 11.4 Å². The van der Waals surface area contributed by atoms with Crippen LogP contribution in [0.2, 0.25) is 0 Å². The Morgan fingerprint density at radius 3 is 2.27 bits per heavy atom. The number of carbonyl (C=O) groups is 1. The lowest BCUT2D eigenvalue weighted by Crippen LogP contribution is -2.37. The van der Waals surface area contributed by atoms with Crippen molar-refractivity contribution in [1.29, 1.82) is 0 Å². The number of anilines is 1. The van der Waals surface area contributed by atoms with Crippen LogP contribution >= 0.6 is 0 Å². The van der Waals surface area contributed by atoms with Crippen molar-refractivity contribution in [3.63, 3.8) is 0 Å². The summed E-state index contributed by atoms with van der Waals surface area (Å²) in [4.78, 5) is 12.4. The standard InChI is InChI=1S/C20H20N2O3S/c1-2-22(15-20(23)21-18-10-4-3-5-11-18)26(24,25)19-13-12-16-8-6-7-9-17(16)14-19/h3-14H,2,15H2,1H3,(H,21,23). The first-order valence-electron chi connectivity index (χ1n) is 8.34. The summed E-state index contributed by atoms with van der Waals surface area (Å²) in [5, 5.41) is 4.53. The van der Waals surface area contributed by atoms with Crippen molar-refractivity contribution in [3.05, 3.63) is 72.8 Å². The number of rotatable bonds is 6. The van der Waals surface area contributed by atoms with E-state index in [1.807, 2.05) is 30.3 Å². The fourth-order valence-electron chi connectivity index (χ4n) is 2.73. The molecular formula is C20H20N2O3S. The number of fused-ring (bicyclic) bond motifs is 1. The molecule has 26 heavy (non-hydrogen) atoms. The van der Waals surface area contributed by atoms with Gasteiger partial charge in [0.25, 0.3) is 0 Å². The first-order valence-corrected chi connectivity index (χ1v) is 9.78. The number of amides is 1. The number of likely N-dealkylation sites (N-methyl/N-ethyl adjacent to an activating group) is 1. The molecule has 1 N–H and O–H groups in total. The van der Waals surface area contributed by atoms with Crippen molar-refractivity contribution in [1.82, 2.24) is 4.31 Å². The molecule has 0 aliphatic heterocycles. The van der Waals surface area contributed by atoms with Gasteiger partial charge in [0.1, 0.15) is 0 Å². The van der Waals surface area contributed by atoms with E-state index >= 15 is 0 Å². The molecule has 0 bridgehead atoms. The molecule has 0 aliphatic carbocycles. The van der Waals surface area contributed by atoms with Gasteiger partial charge in [-0.25, -0.2) is 8.42 Å². The van der Waals surface area contributed by atoms with E-state index in [1.54, 1.807) is 49.4 Å². The average Bonchev–Trinajstić information content (AvgIpc) is 2.66. The predicted molar refractivity (Wildman–Crippen MR) is 103 cm³/mol. The van der Waals surface area contributed by atoms with Gasteiger partial charge in [-0.15, -0.1) is 0 Å². The minimum atomic E-state index is -3.76. The summed E-state index contributed by atoms with van der Waals surface area (Å²) in [7, 11) is -3.76. The van der Waals surface area contributed by atoms with Crippen LogP contribution in [-0.4, -0.2) is 31.7 Å². The van der Waals surface area contributed by atoms with Crippen LogP contribution in [0.3, 0.4) is 0 Å². The summed E-state index contributed by atoms with van der Waals surface area (Å²) in [5.41, 5.74) is 0.636. The second-order valence-corrected chi connectivity index (χ2v) is 7.79. The SMILES string of the molecule is CCN(CC(=O)Nc1ccccc1)S(=O)(=O)c1ccc2ccccc2c1. The topological polar surface area (TPSA) is 66.5 Å². The fourth-order valence-corrected chi connectivity index (χ4v) is 4.17. The minimum Gasteiger partial charge on any atom is -0.325 e. The molecule has 5 nitrogen and oxygen atoms in total. The van der Waals surface area contributed by atoms with Crippen LogP contribution in [-0.2, 0) is 14.8 Å². The van der Waals surface area contributed by atoms with Crippen LogP contribution in [0.15, 0.2) is 77.7 Å². The van der Waals surface area contributed by atoms with Gasteiger partial charge in [0.15, 0.2) is 0 Å². The molecule has 0 atom stereocenters. The van der Waals surface area contributed by atoms with Crippen LogP contribution in [0, 0.1) is 0 Å². The average molecular weight is 368 g/mol. The molecule has 134 valence electrons. The summed E-state index contributed by atoms with van der Waals surface area (Å²) in [5.74, 6) is -0.373. The van der Waals surface area contributed by atoms with Gasteiger partial charge in [-0.05, 0) is 35.0 Å². The van der Waals surface area contributed by atoms with E-state index in [2.05, 4.69) is 5.32 Å². The van der Waals surface area contributed by atoms with Gasteiger partial charge in [-0.3, -0.25) is 4.79 Å². The summed E-state index contributed by atoms with van der Waals surface area (Å²) >= 11 is 0.